The first-order valence-electron chi connectivity index (χ1n) is 6.39. The summed E-state index contributed by atoms with van der Waals surface area (Å²) in [6.07, 6.45) is 0. The summed E-state index contributed by atoms with van der Waals surface area (Å²) >= 11 is 0. The number of hydrogen-bond acceptors (Lipinski definition) is 3. The summed E-state index contributed by atoms with van der Waals surface area (Å²) in [5.74, 6) is -2.72. The van der Waals surface area contributed by atoms with E-state index in [-0.39, 0.29) is 5.69 Å². The highest BCUT2D eigenvalue weighted by molar-refractivity contribution is 7.92. The van der Waals surface area contributed by atoms with Gasteiger partial charge in [0.2, 0.25) is 0 Å². The Hall–Kier alpha value is -2.68. The van der Waals surface area contributed by atoms with Gasteiger partial charge in [-0.2, -0.15) is 0 Å². The number of rotatable bonds is 4. The van der Waals surface area contributed by atoms with Gasteiger partial charge in [-0.25, -0.2) is 22.0 Å². The van der Waals surface area contributed by atoms with E-state index in [4.69, 9.17) is 0 Å². The van der Waals surface area contributed by atoms with Gasteiger partial charge in [-0.05, 0) is 30.3 Å². The first kappa shape index (κ1) is 16.7. The van der Waals surface area contributed by atoms with Crippen molar-refractivity contribution in [1.82, 2.24) is 5.32 Å². The predicted molar refractivity (Wildman–Crippen MR) is 81.7 cm³/mol. The molecule has 0 fully saturated rings. The normalized spacial score (nSPS) is 10.9. The van der Waals surface area contributed by atoms with Gasteiger partial charge in [0.05, 0.1) is 5.69 Å². The molecule has 0 radical (unpaired) electrons. The summed E-state index contributed by atoms with van der Waals surface area (Å²) in [4.78, 5) is 10.4. The third kappa shape index (κ3) is 3.95. The van der Waals surface area contributed by atoms with Crippen LogP contribution in [0.4, 0.5) is 25.0 Å². The Balaban J connectivity index is 2.29. The second-order valence-electron chi connectivity index (χ2n) is 4.44. The average molecular weight is 341 g/mol. The first-order chi connectivity index (χ1) is 10.8. The number of benzene rings is 2. The minimum absolute atomic E-state index is 0.0857. The lowest BCUT2D eigenvalue weighted by Crippen LogP contribution is -2.24. The second-order valence-corrected chi connectivity index (χ2v) is 6.09. The van der Waals surface area contributed by atoms with Gasteiger partial charge in [-0.3, -0.25) is 4.72 Å². The number of hydrogen-bond donors (Lipinski definition) is 3. The summed E-state index contributed by atoms with van der Waals surface area (Å²) in [6.45, 7) is 0. The van der Waals surface area contributed by atoms with Crippen molar-refractivity contribution in [3.8, 4) is 0 Å². The van der Waals surface area contributed by atoms with E-state index < -0.39 is 32.6 Å². The molecule has 0 bridgehead atoms. The van der Waals surface area contributed by atoms with Crippen LogP contribution in [0.1, 0.15) is 0 Å². The summed E-state index contributed by atoms with van der Waals surface area (Å²) in [6, 6.07) is 8.15. The number of amides is 2. The average Bonchev–Trinajstić information content (AvgIpc) is 2.49. The molecular weight excluding hydrogens is 328 g/mol. The van der Waals surface area contributed by atoms with Crippen molar-refractivity contribution < 1.29 is 22.0 Å². The number of halogens is 2. The van der Waals surface area contributed by atoms with E-state index in [2.05, 4.69) is 15.4 Å². The number of sulfonamides is 1. The predicted octanol–water partition coefficient (Wildman–Crippen LogP) is 2.52. The van der Waals surface area contributed by atoms with Crippen molar-refractivity contribution in [2.24, 2.45) is 0 Å². The molecule has 9 heteroatoms. The van der Waals surface area contributed by atoms with Crippen LogP contribution in [0.15, 0.2) is 47.4 Å². The smallest absolute Gasteiger partial charge is 0.318 e. The lowest BCUT2D eigenvalue weighted by atomic mass is 10.3. The van der Waals surface area contributed by atoms with Gasteiger partial charge in [0.15, 0.2) is 11.6 Å². The molecule has 0 unspecified atom stereocenters. The van der Waals surface area contributed by atoms with Crippen LogP contribution in [0.25, 0.3) is 0 Å². The molecule has 0 saturated carbocycles. The largest absolute Gasteiger partial charge is 0.341 e. The fraction of sp³-hybridized carbons (Fsp3) is 0.0714. The van der Waals surface area contributed by atoms with Gasteiger partial charge in [0.25, 0.3) is 10.0 Å². The van der Waals surface area contributed by atoms with Gasteiger partial charge in [-0.15, -0.1) is 0 Å². The van der Waals surface area contributed by atoms with E-state index in [1.165, 1.54) is 31.3 Å². The van der Waals surface area contributed by atoms with E-state index in [1.54, 1.807) is 0 Å². The highest BCUT2D eigenvalue weighted by Gasteiger charge is 2.21. The molecule has 0 heterocycles. The van der Waals surface area contributed by atoms with E-state index in [9.17, 15) is 22.0 Å². The van der Waals surface area contributed by atoms with Gasteiger partial charge in [0.1, 0.15) is 4.90 Å². The molecule has 0 aliphatic carbocycles. The van der Waals surface area contributed by atoms with E-state index >= 15 is 0 Å². The van der Waals surface area contributed by atoms with Crippen LogP contribution in [-0.2, 0) is 10.0 Å². The van der Waals surface area contributed by atoms with Crippen molar-refractivity contribution in [3.05, 3.63) is 54.1 Å². The Bertz CT molecular complexity index is 841. The molecular formula is C14H13F2N3O3S. The zero-order chi connectivity index (χ0) is 17.0. The molecule has 2 amide bonds. The third-order valence-electron chi connectivity index (χ3n) is 2.81. The standard InChI is InChI=1S/C14H13F2N3O3S/c1-17-14(20)18-9-4-2-5-10(8-9)19-23(21,22)12-7-3-6-11(15)13(12)16/h2-8,19H,1H3,(H2,17,18,20). The maximum absolute atomic E-state index is 13.6. The maximum Gasteiger partial charge on any atom is 0.318 e. The molecule has 0 spiro atoms. The SMILES string of the molecule is CNC(=O)Nc1cccc(NS(=O)(=O)c2cccc(F)c2F)c1. The fourth-order valence-corrected chi connectivity index (χ4v) is 2.89. The third-order valence-corrected chi connectivity index (χ3v) is 4.20. The van der Waals surface area contributed by atoms with Crippen molar-refractivity contribution in [2.75, 3.05) is 17.1 Å². The number of anilines is 2. The van der Waals surface area contributed by atoms with E-state index in [0.29, 0.717) is 5.69 Å². The molecule has 2 aromatic rings. The monoisotopic (exact) mass is 341 g/mol. The summed E-state index contributed by atoms with van der Waals surface area (Å²) < 4.78 is 53.2. The summed E-state index contributed by atoms with van der Waals surface area (Å²) in [7, 11) is -2.89. The van der Waals surface area contributed by atoms with Crippen molar-refractivity contribution in [1.29, 1.82) is 0 Å². The van der Waals surface area contributed by atoms with Crippen LogP contribution >= 0.6 is 0 Å². The second kappa shape index (κ2) is 6.61. The summed E-state index contributed by atoms with van der Waals surface area (Å²) in [5.41, 5.74) is 0.409. The Labute approximate surface area is 131 Å². The fourth-order valence-electron chi connectivity index (χ4n) is 1.76. The zero-order valence-corrected chi connectivity index (χ0v) is 12.7. The van der Waals surface area contributed by atoms with Crippen LogP contribution in [0.5, 0.6) is 0 Å². The van der Waals surface area contributed by atoms with Gasteiger partial charge < -0.3 is 10.6 Å². The molecule has 3 N–H and O–H groups in total. The van der Waals surface area contributed by atoms with Crippen molar-refractivity contribution in [2.45, 2.75) is 4.90 Å². The number of carbonyl (C=O) groups is 1. The molecule has 23 heavy (non-hydrogen) atoms. The molecule has 0 aliphatic heterocycles. The van der Waals surface area contributed by atoms with Crippen molar-refractivity contribution in [3.63, 3.8) is 0 Å². The molecule has 0 aliphatic rings. The van der Waals surface area contributed by atoms with Crippen LogP contribution in [0, 0.1) is 11.6 Å². The van der Waals surface area contributed by atoms with E-state index in [1.807, 2.05) is 0 Å². The Morgan fingerprint density at radius 3 is 2.39 bits per heavy atom. The number of carbonyl (C=O) groups excluding carboxylic acids is 1. The van der Waals surface area contributed by atoms with Crippen molar-refractivity contribution >= 4 is 27.4 Å². The lowest BCUT2D eigenvalue weighted by molar-refractivity contribution is 0.254. The van der Waals surface area contributed by atoms with E-state index in [0.717, 1.165) is 18.2 Å². The minimum Gasteiger partial charge on any atom is -0.341 e. The molecule has 0 aromatic heterocycles. The maximum atomic E-state index is 13.6. The Kier molecular flexibility index (Phi) is 4.80. The lowest BCUT2D eigenvalue weighted by Gasteiger charge is -2.11. The van der Waals surface area contributed by atoms with Gasteiger partial charge in [0, 0.05) is 12.7 Å². The van der Waals surface area contributed by atoms with Crippen LogP contribution in [0.3, 0.4) is 0 Å². The highest BCUT2D eigenvalue weighted by Crippen LogP contribution is 2.22. The Morgan fingerprint density at radius 2 is 1.70 bits per heavy atom. The molecule has 2 rings (SSSR count). The molecule has 6 nitrogen and oxygen atoms in total. The molecule has 122 valence electrons. The quantitative estimate of drug-likeness (QED) is 0.798. The number of urea groups is 1. The van der Waals surface area contributed by atoms with Crippen LogP contribution < -0.4 is 15.4 Å². The Morgan fingerprint density at radius 1 is 1.04 bits per heavy atom. The summed E-state index contributed by atoms with van der Waals surface area (Å²) in [5, 5.41) is 4.80. The van der Waals surface area contributed by atoms with Crippen LogP contribution in [-0.4, -0.2) is 21.5 Å². The minimum atomic E-state index is -4.31. The molecule has 2 aromatic carbocycles. The zero-order valence-electron chi connectivity index (χ0n) is 11.9. The van der Waals surface area contributed by atoms with Crippen LogP contribution in [0.2, 0.25) is 0 Å². The first-order valence-corrected chi connectivity index (χ1v) is 7.87. The number of nitrogens with one attached hydrogen (secondary N) is 3. The van der Waals surface area contributed by atoms with Gasteiger partial charge in [-0.1, -0.05) is 12.1 Å². The molecule has 0 atom stereocenters. The topological polar surface area (TPSA) is 87.3 Å². The van der Waals surface area contributed by atoms with Gasteiger partial charge >= 0.3 is 6.03 Å². The highest BCUT2D eigenvalue weighted by atomic mass is 32.2. The molecule has 0 saturated heterocycles.